The Bertz CT molecular complexity index is 377. The molecule has 0 aromatic carbocycles. The van der Waals surface area contributed by atoms with Gasteiger partial charge < -0.3 is 9.15 Å². The van der Waals surface area contributed by atoms with Gasteiger partial charge in [-0.1, -0.05) is 0 Å². The van der Waals surface area contributed by atoms with Crippen molar-refractivity contribution in [1.82, 2.24) is 15.1 Å². The highest BCUT2D eigenvalue weighted by Crippen LogP contribution is 2.19. The summed E-state index contributed by atoms with van der Waals surface area (Å²) in [5.41, 5.74) is 0. The summed E-state index contributed by atoms with van der Waals surface area (Å²) in [6.07, 6.45) is 0.833. The van der Waals surface area contributed by atoms with Crippen LogP contribution in [-0.4, -0.2) is 41.3 Å². The molecule has 0 amide bonds. The molecule has 0 spiro atoms. The first kappa shape index (κ1) is 11.1. The molecule has 6 heteroatoms. The minimum absolute atomic E-state index is 0.0194. The van der Waals surface area contributed by atoms with Gasteiger partial charge in [0.05, 0.1) is 19.6 Å². The topological polar surface area (TPSA) is 68.5 Å². The summed E-state index contributed by atoms with van der Waals surface area (Å²) in [7, 11) is 1.42. The summed E-state index contributed by atoms with van der Waals surface area (Å²) in [5.74, 6) is 1.01. The quantitative estimate of drug-likeness (QED) is 0.692. The number of nitrogens with zero attached hydrogens (tertiary/aromatic N) is 3. The molecule has 1 aliphatic rings. The van der Waals surface area contributed by atoms with Crippen LogP contribution in [0.2, 0.25) is 0 Å². The molecular formula is C10H15N3O3. The number of aromatic nitrogens is 2. The van der Waals surface area contributed by atoms with Crippen molar-refractivity contribution in [2.45, 2.75) is 19.9 Å². The standard InChI is InChI=1S/C10H15N3O3/c1-7-11-12-9(16-7)6-13-4-3-8(5-13)10(14)15-2/h8H,3-6H2,1-2H3. The van der Waals surface area contributed by atoms with Crippen molar-refractivity contribution in [2.75, 3.05) is 20.2 Å². The maximum Gasteiger partial charge on any atom is 0.310 e. The van der Waals surface area contributed by atoms with Crippen LogP contribution in [0.4, 0.5) is 0 Å². The Morgan fingerprint density at radius 1 is 1.62 bits per heavy atom. The maximum atomic E-state index is 11.3. The van der Waals surface area contributed by atoms with Gasteiger partial charge in [0.1, 0.15) is 0 Å². The fraction of sp³-hybridized carbons (Fsp3) is 0.700. The summed E-state index contributed by atoms with van der Waals surface area (Å²) in [6.45, 7) is 3.93. The van der Waals surface area contributed by atoms with Crippen LogP contribution in [0.25, 0.3) is 0 Å². The SMILES string of the molecule is COC(=O)C1CCN(Cc2nnc(C)o2)C1. The van der Waals surface area contributed by atoms with Gasteiger partial charge in [0, 0.05) is 13.5 Å². The van der Waals surface area contributed by atoms with Crippen LogP contribution < -0.4 is 0 Å². The molecule has 2 rings (SSSR count). The first-order chi connectivity index (χ1) is 7.69. The second-order valence-corrected chi connectivity index (χ2v) is 3.96. The molecule has 1 fully saturated rings. The first-order valence-electron chi connectivity index (χ1n) is 5.28. The molecule has 88 valence electrons. The van der Waals surface area contributed by atoms with Crippen LogP contribution in [0.5, 0.6) is 0 Å². The molecule has 0 N–H and O–H groups in total. The van der Waals surface area contributed by atoms with Crippen LogP contribution in [-0.2, 0) is 16.1 Å². The average molecular weight is 225 g/mol. The van der Waals surface area contributed by atoms with E-state index in [1.54, 1.807) is 6.92 Å². The molecule has 0 bridgehead atoms. The maximum absolute atomic E-state index is 11.3. The van der Waals surface area contributed by atoms with Gasteiger partial charge >= 0.3 is 5.97 Å². The highest BCUT2D eigenvalue weighted by molar-refractivity contribution is 5.72. The normalized spacial score (nSPS) is 21.2. The Balaban J connectivity index is 1.87. The van der Waals surface area contributed by atoms with Crippen LogP contribution >= 0.6 is 0 Å². The Morgan fingerprint density at radius 2 is 2.44 bits per heavy atom. The molecule has 0 saturated carbocycles. The lowest BCUT2D eigenvalue weighted by atomic mass is 10.1. The van der Waals surface area contributed by atoms with Crippen LogP contribution in [0.1, 0.15) is 18.2 Å². The number of hydrogen-bond acceptors (Lipinski definition) is 6. The van der Waals surface area contributed by atoms with Crippen LogP contribution in [0.3, 0.4) is 0 Å². The second-order valence-electron chi connectivity index (χ2n) is 3.96. The number of carbonyl (C=O) groups excluding carboxylic acids is 1. The number of likely N-dealkylation sites (tertiary alicyclic amines) is 1. The number of methoxy groups -OCH3 is 1. The van der Waals surface area contributed by atoms with E-state index < -0.39 is 0 Å². The summed E-state index contributed by atoms with van der Waals surface area (Å²) < 4.78 is 10.0. The van der Waals surface area contributed by atoms with Crippen molar-refractivity contribution in [3.05, 3.63) is 11.8 Å². The lowest BCUT2D eigenvalue weighted by Crippen LogP contribution is -2.23. The largest absolute Gasteiger partial charge is 0.469 e. The molecule has 2 heterocycles. The van der Waals surface area contributed by atoms with Crippen molar-refractivity contribution in [1.29, 1.82) is 0 Å². The molecule has 1 aromatic rings. The van der Waals surface area contributed by atoms with E-state index in [9.17, 15) is 4.79 Å². The highest BCUT2D eigenvalue weighted by Gasteiger charge is 2.29. The molecular weight excluding hydrogens is 210 g/mol. The summed E-state index contributed by atoms with van der Waals surface area (Å²) in [6, 6.07) is 0. The van der Waals surface area contributed by atoms with Crippen LogP contribution in [0.15, 0.2) is 4.42 Å². The third-order valence-corrected chi connectivity index (χ3v) is 2.73. The molecule has 1 atom stereocenters. The summed E-state index contributed by atoms with van der Waals surface area (Å²) in [4.78, 5) is 13.4. The fourth-order valence-electron chi connectivity index (χ4n) is 1.93. The van der Waals surface area contributed by atoms with Crippen molar-refractivity contribution in [3.8, 4) is 0 Å². The van der Waals surface area contributed by atoms with Gasteiger partial charge in [0.15, 0.2) is 0 Å². The van der Waals surface area contributed by atoms with Crippen molar-refractivity contribution >= 4 is 5.97 Å². The third-order valence-electron chi connectivity index (χ3n) is 2.73. The second kappa shape index (κ2) is 4.61. The van der Waals surface area contributed by atoms with Crippen molar-refractivity contribution in [2.24, 2.45) is 5.92 Å². The predicted octanol–water partition coefficient (Wildman–Crippen LogP) is 0.373. The van der Waals surface area contributed by atoms with Gasteiger partial charge in [-0.3, -0.25) is 9.69 Å². The molecule has 1 aromatic heterocycles. The van der Waals surface area contributed by atoms with E-state index in [2.05, 4.69) is 15.1 Å². The zero-order valence-electron chi connectivity index (χ0n) is 9.47. The number of aryl methyl sites for hydroxylation is 1. The van der Waals surface area contributed by atoms with Crippen molar-refractivity contribution < 1.29 is 13.9 Å². The molecule has 16 heavy (non-hydrogen) atoms. The molecule has 6 nitrogen and oxygen atoms in total. The lowest BCUT2D eigenvalue weighted by Gasteiger charge is -2.12. The zero-order chi connectivity index (χ0) is 11.5. The Hall–Kier alpha value is -1.43. The number of carbonyl (C=O) groups is 1. The summed E-state index contributed by atoms with van der Waals surface area (Å²) in [5, 5.41) is 7.69. The zero-order valence-corrected chi connectivity index (χ0v) is 9.47. The van der Waals surface area contributed by atoms with Gasteiger partial charge in [-0.2, -0.15) is 0 Å². The predicted molar refractivity (Wildman–Crippen MR) is 54.4 cm³/mol. The van der Waals surface area contributed by atoms with Crippen molar-refractivity contribution in [3.63, 3.8) is 0 Å². The number of hydrogen-bond donors (Lipinski definition) is 0. The number of ether oxygens (including phenoxy) is 1. The van der Waals surface area contributed by atoms with Gasteiger partial charge in [0.2, 0.25) is 11.8 Å². The third kappa shape index (κ3) is 2.38. The van der Waals surface area contributed by atoms with Gasteiger partial charge in [-0.05, 0) is 13.0 Å². The Morgan fingerprint density at radius 3 is 3.06 bits per heavy atom. The molecule has 0 radical (unpaired) electrons. The van der Waals surface area contributed by atoms with Gasteiger partial charge in [-0.25, -0.2) is 0 Å². The molecule has 1 aliphatic heterocycles. The molecule has 1 unspecified atom stereocenters. The Kier molecular flexibility index (Phi) is 3.19. The highest BCUT2D eigenvalue weighted by atomic mass is 16.5. The minimum Gasteiger partial charge on any atom is -0.469 e. The van der Waals surface area contributed by atoms with Gasteiger partial charge in [-0.15, -0.1) is 10.2 Å². The number of rotatable bonds is 3. The van der Waals surface area contributed by atoms with E-state index in [0.717, 1.165) is 13.0 Å². The minimum atomic E-state index is -0.135. The average Bonchev–Trinajstić information content (AvgIpc) is 2.87. The van der Waals surface area contributed by atoms with E-state index in [1.807, 2.05) is 0 Å². The smallest absolute Gasteiger partial charge is 0.310 e. The van der Waals surface area contributed by atoms with Gasteiger partial charge in [0.25, 0.3) is 0 Å². The summed E-state index contributed by atoms with van der Waals surface area (Å²) >= 11 is 0. The van der Waals surface area contributed by atoms with E-state index in [4.69, 9.17) is 9.15 Å². The van der Waals surface area contributed by atoms with E-state index >= 15 is 0 Å². The lowest BCUT2D eigenvalue weighted by molar-refractivity contribution is -0.144. The fourth-order valence-corrected chi connectivity index (χ4v) is 1.93. The Labute approximate surface area is 93.6 Å². The van der Waals surface area contributed by atoms with E-state index in [0.29, 0.717) is 24.9 Å². The monoisotopic (exact) mass is 225 g/mol. The van der Waals surface area contributed by atoms with Crippen LogP contribution in [0, 0.1) is 12.8 Å². The van der Waals surface area contributed by atoms with E-state index in [1.165, 1.54) is 7.11 Å². The number of esters is 1. The molecule has 1 saturated heterocycles. The first-order valence-corrected chi connectivity index (χ1v) is 5.28. The molecule has 0 aliphatic carbocycles. The van der Waals surface area contributed by atoms with E-state index in [-0.39, 0.29) is 11.9 Å².